The molecule has 2 aromatic rings. The molecular formula is C16H14BrClO2. The first-order valence-corrected chi connectivity index (χ1v) is 7.33. The molecule has 4 heteroatoms. The summed E-state index contributed by atoms with van der Waals surface area (Å²) >= 11 is 9.46. The van der Waals surface area contributed by atoms with E-state index in [-0.39, 0.29) is 12.4 Å². The molecule has 0 N–H and O–H groups in total. The van der Waals surface area contributed by atoms with Crippen molar-refractivity contribution in [2.24, 2.45) is 0 Å². The molecule has 0 atom stereocenters. The van der Waals surface area contributed by atoms with Gasteiger partial charge >= 0.3 is 0 Å². The van der Waals surface area contributed by atoms with Crippen molar-refractivity contribution in [3.63, 3.8) is 0 Å². The zero-order valence-corrected chi connectivity index (χ0v) is 13.6. The van der Waals surface area contributed by atoms with E-state index in [4.69, 9.17) is 16.3 Å². The number of aryl methyl sites for hydroxylation is 2. The van der Waals surface area contributed by atoms with E-state index in [1.807, 2.05) is 44.2 Å². The molecular weight excluding hydrogens is 340 g/mol. The van der Waals surface area contributed by atoms with Crippen molar-refractivity contribution in [2.45, 2.75) is 13.8 Å². The van der Waals surface area contributed by atoms with Crippen LogP contribution in [0.5, 0.6) is 5.75 Å². The lowest BCUT2D eigenvalue weighted by Crippen LogP contribution is -2.12. The summed E-state index contributed by atoms with van der Waals surface area (Å²) in [5.74, 6) is 0.590. The summed E-state index contributed by atoms with van der Waals surface area (Å²) in [5.41, 5.74) is 2.50. The van der Waals surface area contributed by atoms with Gasteiger partial charge in [0.05, 0.1) is 0 Å². The fourth-order valence-corrected chi connectivity index (χ4v) is 2.52. The number of hydrogen-bond acceptors (Lipinski definition) is 2. The zero-order valence-electron chi connectivity index (χ0n) is 11.2. The van der Waals surface area contributed by atoms with Crippen LogP contribution >= 0.6 is 27.5 Å². The number of ketones is 1. The summed E-state index contributed by atoms with van der Waals surface area (Å²) in [4.78, 5) is 12.1. The molecule has 0 bridgehead atoms. The van der Waals surface area contributed by atoms with Crippen LogP contribution in [0.4, 0.5) is 0 Å². The highest BCUT2D eigenvalue weighted by atomic mass is 79.9. The van der Waals surface area contributed by atoms with Gasteiger partial charge in [0.1, 0.15) is 5.75 Å². The molecule has 2 aromatic carbocycles. The Balaban J connectivity index is 2.10. The molecule has 2 nitrogen and oxygen atoms in total. The average Bonchev–Trinajstić information content (AvgIpc) is 2.42. The van der Waals surface area contributed by atoms with Gasteiger partial charge in [0.2, 0.25) is 5.78 Å². The third-order valence-electron chi connectivity index (χ3n) is 2.95. The smallest absolute Gasteiger partial charge is 0.201 e. The predicted molar refractivity (Wildman–Crippen MR) is 84.9 cm³/mol. The monoisotopic (exact) mass is 352 g/mol. The van der Waals surface area contributed by atoms with Gasteiger partial charge in [0.15, 0.2) is 6.61 Å². The lowest BCUT2D eigenvalue weighted by Gasteiger charge is -2.10. The Kier molecular flexibility index (Phi) is 4.84. The minimum Gasteiger partial charge on any atom is -0.485 e. The van der Waals surface area contributed by atoms with E-state index in [0.29, 0.717) is 11.3 Å². The molecule has 0 radical (unpaired) electrons. The van der Waals surface area contributed by atoms with Gasteiger partial charge in [-0.15, -0.1) is 0 Å². The number of hydrogen-bond donors (Lipinski definition) is 0. The Morgan fingerprint density at radius 3 is 2.40 bits per heavy atom. The van der Waals surface area contributed by atoms with Gasteiger partial charge in [-0.3, -0.25) is 4.79 Å². The highest BCUT2D eigenvalue weighted by Gasteiger charge is 2.11. The molecule has 0 saturated carbocycles. The molecule has 0 aliphatic rings. The van der Waals surface area contributed by atoms with Crippen LogP contribution in [-0.4, -0.2) is 12.4 Å². The van der Waals surface area contributed by atoms with E-state index in [9.17, 15) is 4.79 Å². The molecule has 0 fully saturated rings. The highest BCUT2D eigenvalue weighted by Crippen LogP contribution is 2.26. The van der Waals surface area contributed by atoms with Gasteiger partial charge in [-0.2, -0.15) is 0 Å². The summed E-state index contributed by atoms with van der Waals surface area (Å²) in [6.07, 6.45) is 0. The standard InChI is InChI=1S/C16H14BrClO2/c1-10-7-12(8-11(2)16(10)18)20-9-15(19)13-5-3-4-6-14(13)17/h3-8H,9H2,1-2H3. The molecule has 0 aliphatic heterocycles. The molecule has 104 valence electrons. The van der Waals surface area contributed by atoms with Crippen molar-refractivity contribution in [1.82, 2.24) is 0 Å². The fraction of sp³-hybridized carbons (Fsp3) is 0.188. The van der Waals surface area contributed by atoms with Crippen LogP contribution in [0, 0.1) is 13.8 Å². The quantitative estimate of drug-likeness (QED) is 0.725. The number of carbonyl (C=O) groups is 1. The van der Waals surface area contributed by atoms with Crippen LogP contribution in [0.1, 0.15) is 21.5 Å². The Bertz CT molecular complexity index is 630. The van der Waals surface area contributed by atoms with Crippen molar-refractivity contribution in [1.29, 1.82) is 0 Å². The lowest BCUT2D eigenvalue weighted by molar-refractivity contribution is 0.0920. The maximum absolute atomic E-state index is 12.1. The van der Waals surface area contributed by atoms with Gasteiger partial charge in [-0.25, -0.2) is 0 Å². The number of benzene rings is 2. The second-order valence-electron chi connectivity index (χ2n) is 4.56. The second kappa shape index (κ2) is 6.42. The summed E-state index contributed by atoms with van der Waals surface area (Å²) in [5, 5.41) is 0.731. The molecule has 0 unspecified atom stereocenters. The number of ether oxygens (including phenoxy) is 1. The first-order chi connectivity index (χ1) is 9.49. The second-order valence-corrected chi connectivity index (χ2v) is 5.80. The summed E-state index contributed by atoms with van der Waals surface area (Å²) in [6, 6.07) is 11.0. The Hall–Kier alpha value is -1.32. The van der Waals surface area contributed by atoms with E-state index >= 15 is 0 Å². The van der Waals surface area contributed by atoms with Crippen molar-refractivity contribution in [3.8, 4) is 5.75 Å². The summed E-state index contributed by atoms with van der Waals surface area (Å²) in [6.45, 7) is 3.83. The third-order valence-corrected chi connectivity index (χ3v) is 4.24. The average molecular weight is 354 g/mol. The number of Topliss-reactive ketones (excluding diaryl/α,β-unsaturated/α-hetero) is 1. The van der Waals surface area contributed by atoms with Gasteiger partial charge in [-0.05, 0) is 43.2 Å². The largest absolute Gasteiger partial charge is 0.485 e. The minimum atomic E-state index is -0.0669. The van der Waals surface area contributed by atoms with Crippen LogP contribution < -0.4 is 4.74 Å². The van der Waals surface area contributed by atoms with Crippen molar-refractivity contribution in [3.05, 3.63) is 62.6 Å². The van der Waals surface area contributed by atoms with Crippen LogP contribution in [0.2, 0.25) is 5.02 Å². The topological polar surface area (TPSA) is 26.3 Å². The molecule has 0 amide bonds. The zero-order chi connectivity index (χ0) is 14.7. The SMILES string of the molecule is Cc1cc(OCC(=O)c2ccccc2Br)cc(C)c1Cl. The maximum Gasteiger partial charge on any atom is 0.201 e. The molecule has 0 aliphatic carbocycles. The summed E-state index contributed by atoms with van der Waals surface area (Å²) < 4.78 is 6.34. The van der Waals surface area contributed by atoms with Crippen LogP contribution in [-0.2, 0) is 0 Å². The molecule has 0 spiro atoms. The van der Waals surface area contributed by atoms with E-state index in [2.05, 4.69) is 15.9 Å². The van der Waals surface area contributed by atoms with E-state index < -0.39 is 0 Å². The third kappa shape index (κ3) is 3.41. The first-order valence-electron chi connectivity index (χ1n) is 6.16. The van der Waals surface area contributed by atoms with E-state index in [1.54, 1.807) is 6.07 Å². The maximum atomic E-state index is 12.1. The van der Waals surface area contributed by atoms with Crippen LogP contribution in [0.25, 0.3) is 0 Å². The van der Waals surface area contributed by atoms with Crippen LogP contribution in [0.3, 0.4) is 0 Å². The predicted octanol–water partition coefficient (Wildman–Crippen LogP) is 4.98. The van der Waals surface area contributed by atoms with Crippen LogP contribution in [0.15, 0.2) is 40.9 Å². The number of halogens is 2. The van der Waals surface area contributed by atoms with Gasteiger partial charge in [-0.1, -0.05) is 45.7 Å². The minimum absolute atomic E-state index is 0.00310. The molecule has 0 aromatic heterocycles. The molecule has 20 heavy (non-hydrogen) atoms. The van der Waals surface area contributed by atoms with E-state index in [0.717, 1.165) is 20.6 Å². The van der Waals surface area contributed by atoms with E-state index in [1.165, 1.54) is 0 Å². The number of carbonyl (C=O) groups excluding carboxylic acids is 1. The Morgan fingerprint density at radius 1 is 1.20 bits per heavy atom. The van der Waals surface area contributed by atoms with Crippen molar-refractivity contribution in [2.75, 3.05) is 6.61 Å². The highest BCUT2D eigenvalue weighted by molar-refractivity contribution is 9.10. The number of rotatable bonds is 4. The van der Waals surface area contributed by atoms with Gasteiger partial charge in [0, 0.05) is 15.1 Å². The Labute approximate surface area is 131 Å². The first kappa shape index (κ1) is 15.1. The summed E-state index contributed by atoms with van der Waals surface area (Å²) in [7, 11) is 0. The molecule has 0 saturated heterocycles. The fourth-order valence-electron chi connectivity index (χ4n) is 1.90. The molecule has 0 heterocycles. The van der Waals surface area contributed by atoms with Gasteiger partial charge < -0.3 is 4.74 Å². The van der Waals surface area contributed by atoms with Gasteiger partial charge in [0.25, 0.3) is 0 Å². The van der Waals surface area contributed by atoms with Crippen molar-refractivity contribution < 1.29 is 9.53 Å². The molecule has 2 rings (SSSR count). The Morgan fingerprint density at radius 2 is 1.80 bits per heavy atom. The lowest BCUT2D eigenvalue weighted by atomic mass is 10.1. The van der Waals surface area contributed by atoms with Crippen molar-refractivity contribution >= 4 is 33.3 Å². The normalized spacial score (nSPS) is 10.4.